The van der Waals surface area contributed by atoms with E-state index in [0.717, 1.165) is 39.1 Å². The van der Waals surface area contributed by atoms with Gasteiger partial charge >= 0.3 is 0 Å². The molecule has 0 aromatic carbocycles. The summed E-state index contributed by atoms with van der Waals surface area (Å²) in [5.74, 6) is 0. The molecule has 29 heavy (non-hydrogen) atoms. The minimum absolute atomic E-state index is 0.134. The van der Waals surface area contributed by atoms with Crippen LogP contribution in [0.15, 0.2) is 0 Å². The molecule has 0 saturated heterocycles. The Balaban J connectivity index is 3.65. The van der Waals surface area contributed by atoms with Crippen LogP contribution in [0.1, 0.15) is 79.1 Å². The van der Waals surface area contributed by atoms with E-state index in [-0.39, 0.29) is 30.7 Å². The number of ether oxygens (including phenoxy) is 2. The van der Waals surface area contributed by atoms with Crippen molar-refractivity contribution in [2.45, 2.75) is 102 Å². The van der Waals surface area contributed by atoms with Crippen molar-refractivity contribution < 1.29 is 18.3 Å². The molecule has 0 heterocycles. The predicted octanol–water partition coefficient (Wildman–Crippen LogP) is 3.58. The molecule has 0 aliphatic heterocycles. The predicted molar refractivity (Wildman–Crippen MR) is 131 cm³/mol. The highest BCUT2D eigenvalue weighted by Gasteiger charge is 2.22. The molecular formula is C22H51NO4Si2. The van der Waals surface area contributed by atoms with E-state index in [1.165, 1.54) is 50.6 Å². The van der Waals surface area contributed by atoms with Gasteiger partial charge < -0.3 is 23.6 Å². The Bertz CT molecular complexity index is 326. The molecule has 0 rings (SSSR count). The van der Waals surface area contributed by atoms with E-state index < -0.39 is 0 Å². The van der Waals surface area contributed by atoms with E-state index in [1.54, 1.807) is 0 Å². The van der Waals surface area contributed by atoms with Crippen LogP contribution >= 0.6 is 0 Å². The molecular weight excluding hydrogens is 398 g/mol. The zero-order valence-electron chi connectivity index (χ0n) is 20.4. The van der Waals surface area contributed by atoms with Crippen LogP contribution < -0.4 is 5.32 Å². The average molecular weight is 450 g/mol. The Labute approximate surface area is 186 Å². The van der Waals surface area contributed by atoms with Gasteiger partial charge in [-0.15, -0.1) is 0 Å². The van der Waals surface area contributed by atoms with E-state index >= 15 is 0 Å². The van der Waals surface area contributed by atoms with Crippen molar-refractivity contribution in [1.29, 1.82) is 0 Å². The van der Waals surface area contributed by atoms with Gasteiger partial charge in [0.1, 0.15) is 0 Å². The molecule has 5 nitrogen and oxygen atoms in total. The smallest absolute Gasteiger partial charge is 0.161 e. The summed E-state index contributed by atoms with van der Waals surface area (Å²) in [5, 5.41) is 3.55. The molecule has 0 aliphatic rings. The molecule has 0 bridgehead atoms. The lowest BCUT2D eigenvalue weighted by Crippen LogP contribution is -2.44. The van der Waals surface area contributed by atoms with Gasteiger partial charge in [0.2, 0.25) is 0 Å². The average Bonchev–Trinajstić information content (AvgIpc) is 2.65. The largest absolute Gasteiger partial charge is 0.427 e. The van der Waals surface area contributed by atoms with Crippen LogP contribution in [0.3, 0.4) is 0 Å². The van der Waals surface area contributed by atoms with Crippen LogP contribution in [-0.2, 0) is 18.3 Å². The third-order valence-corrected chi connectivity index (χ3v) is 7.47. The number of hydrogen-bond acceptors (Lipinski definition) is 5. The molecule has 0 atom stereocenters. The maximum absolute atomic E-state index is 6.10. The quantitative estimate of drug-likeness (QED) is 0.202. The lowest BCUT2D eigenvalue weighted by molar-refractivity contribution is -0.0364. The highest BCUT2D eigenvalue weighted by atomic mass is 28.2. The summed E-state index contributed by atoms with van der Waals surface area (Å²) in [6.07, 6.45) is 10.1. The maximum atomic E-state index is 6.10. The fraction of sp³-hybridized carbons (Fsp3) is 1.00. The van der Waals surface area contributed by atoms with E-state index in [9.17, 15) is 0 Å². The monoisotopic (exact) mass is 449 g/mol. The van der Waals surface area contributed by atoms with Gasteiger partial charge in [-0.3, -0.25) is 0 Å². The summed E-state index contributed by atoms with van der Waals surface area (Å²) >= 11 is 0. The van der Waals surface area contributed by atoms with Gasteiger partial charge in [-0.1, -0.05) is 38.5 Å². The summed E-state index contributed by atoms with van der Waals surface area (Å²) in [7, 11) is 3.21. The van der Waals surface area contributed by atoms with E-state index in [1.807, 2.05) is 14.2 Å². The Morgan fingerprint density at radius 3 is 1.34 bits per heavy atom. The zero-order chi connectivity index (χ0) is 21.8. The first-order valence-electron chi connectivity index (χ1n) is 11.8. The van der Waals surface area contributed by atoms with Gasteiger partial charge in [-0.05, 0) is 52.6 Å². The second-order valence-corrected chi connectivity index (χ2v) is 12.7. The van der Waals surface area contributed by atoms with Gasteiger partial charge in [0.15, 0.2) is 19.5 Å². The van der Waals surface area contributed by atoms with Crippen LogP contribution in [-0.4, -0.2) is 71.3 Å². The van der Waals surface area contributed by atoms with Crippen molar-refractivity contribution in [1.82, 2.24) is 5.32 Å². The molecule has 1 N–H and O–H groups in total. The van der Waals surface area contributed by atoms with Crippen LogP contribution in [0, 0.1) is 0 Å². The van der Waals surface area contributed by atoms with Crippen molar-refractivity contribution in [3.8, 4) is 0 Å². The number of unbranched alkanes of at least 4 members (excludes halogenated alkanes) is 6. The summed E-state index contributed by atoms with van der Waals surface area (Å²) in [6, 6.07) is 2.61. The molecule has 0 aliphatic carbocycles. The molecule has 0 unspecified atom stereocenters. The van der Waals surface area contributed by atoms with Gasteiger partial charge in [0.05, 0.1) is 11.2 Å². The van der Waals surface area contributed by atoms with E-state index in [2.05, 4.69) is 33.0 Å². The third kappa shape index (κ3) is 21.3. The third-order valence-electron chi connectivity index (χ3n) is 5.07. The molecule has 0 aromatic heterocycles. The Kier molecular flexibility index (Phi) is 19.1. The van der Waals surface area contributed by atoms with E-state index in [0.29, 0.717) is 0 Å². The lowest BCUT2D eigenvalue weighted by Gasteiger charge is -2.30. The summed E-state index contributed by atoms with van der Waals surface area (Å²) in [5.41, 5.74) is -0.269. The van der Waals surface area contributed by atoms with Gasteiger partial charge in [0.25, 0.3) is 0 Å². The van der Waals surface area contributed by atoms with Crippen LogP contribution in [0.2, 0.25) is 12.1 Å². The van der Waals surface area contributed by atoms with Gasteiger partial charge in [-0.2, -0.15) is 0 Å². The van der Waals surface area contributed by atoms with Crippen molar-refractivity contribution in [2.75, 3.05) is 40.5 Å². The van der Waals surface area contributed by atoms with Crippen LogP contribution in [0.4, 0.5) is 0 Å². The minimum atomic E-state index is -0.227. The maximum Gasteiger partial charge on any atom is 0.161 e. The van der Waals surface area contributed by atoms with E-state index in [4.69, 9.17) is 18.3 Å². The minimum Gasteiger partial charge on any atom is -0.427 e. The van der Waals surface area contributed by atoms with Crippen molar-refractivity contribution >= 4 is 19.5 Å². The van der Waals surface area contributed by atoms with Crippen molar-refractivity contribution in [3.63, 3.8) is 0 Å². The summed E-state index contributed by atoms with van der Waals surface area (Å²) in [6.45, 7) is 12.1. The lowest BCUT2D eigenvalue weighted by atomic mass is 10.1. The van der Waals surface area contributed by atoms with Gasteiger partial charge in [-0.25, -0.2) is 0 Å². The fourth-order valence-electron chi connectivity index (χ4n) is 3.22. The van der Waals surface area contributed by atoms with Crippen LogP contribution in [0.25, 0.3) is 0 Å². The molecule has 0 fully saturated rings. The Morgan fingerprint density at radius 2 is 0.966 bits per heavy atom. The molecule has 176 valence electrons. The first kappa shape index (κ1) is 29.2. The summed E-state index contributed by atoms with van der Waals surface area (Å²) < 4.78 is 22.6. The number of nitrogens with one attached hydrogen (secondary N) is 1. The topological polar surface area (TPSA) is 49.0 Å². The van der Waals surface area contributed by atoms with Crippen molar-refractivity contribution in [3.05, 3.63) is 0 Å². The zero-order valence-corrected chi connectivity index (χ0v) is 23.3. The molecule has 0 spiro atoms. The molecule has 7 heteroatoms. The summed E-state index contributed by atoms with van der Waals surface area (Å²) in [4.78, 5) is 0. The SMILES string of the molecule is CO[SiH2]CCCCCCOC(C)(C)CNCC(C)(C)OCCCCCC[SiH2]OC. The number of rotatable bonds is 22. The molecule has 0 amide bonds. The Morgan fingerprint density at radius 1 is 0.586 bits per heavy atom. The molecule has 0 saturated carbocycles. The standard InChI is InChI=1S/C22H51NO4Si2/c1-21(2,26-15-11-7-9-13-17-28-24-5)19-23-20-22(3,4)27-16-12-8-10-14-18-29-25-6/h23H,7-20,28-29H2,1-6H3. The first-order valence-corrected chi connectivity index (χ1v) is 14.9. The normalized spacial score (nSPS) is 13.4. The second kappa shape index (κ2) is 19.0. The number of hydrogen-bond donors (Lipinski definition) is 1. The van der Waals surface area contributed by atoms with Crippen molar-refractivity contribution in [2.24, 2.45) is 0 Å². The fourth-order valence-corrected chi connectivity index (χ4v) is 4.91. The Hall–Kier alpha value is 0.234. The van der Waals surface area contributed by atoms with Gasteiger partial charge in [0, 0.05) is 40.5 Å². The molecule has 0 radical (unpaired) electrons. The molecule has 0 aromatic rings. The van der Waals surface area contributed by atoms with Crippen LogP contribution in [0.5, 0.6) is 0 Å². The second-order valence-electron chi connectivity index (χ2n) is 9.34. The highest BCUT2D eigenvalue weighted by Crippen LogP contribution is 2.13. The first-order chi connectivity index (χ1) is 13.8. The highest BCUT2D eigenvalue weighted by molar-refractivity contribution is 6.27.